The van der Waals surface area contributed by atoms with E-state index < -0.39 is 29.3 Å². The largest absolute Gasteiger partial charge is 0.444 e. The number of carbonyl (C=O) groups excluding carboxylic acids is 1. The fourth-order valence-electron chi connectivity index (χ4n) is 3.72. The van der Waals surface area contributed by atoms with E-state index in [0.29, 0.717) is 5.69 Å². The fourth-order valence-corrected chi connectivity index (χ4v) is 3.72. The summed E-state index contributed by atoms with van der Waals surface area (Å²) in [6, 6.07) is 13.7. The van der Waals surface area contributed by atoms with E-state index in [4.69, 9.17) is 4.74 Å². The van der Waals surface area contributed by atoms with Crippen molar-refractivity contribution < 1.29 is 18.3 Å². The molecule has 1 fully saturated rings. The smallest absolute Gasteiger partial charge is 0.411 e. The molecule has 5 nitrogen and oxygen atoms in total. The molecule has 1 N–H and O–H groups in total. The van der Waals surface area contributed by atoms with Gasteiger partial charge >= 0.3 is 6.09 Å². The van der Waals surface area contributed by atoms with Crippen LogP contribution >= 0.6 is 0 Å². The maximum atomic E-state index is 14.4. The number of halogens is 2. The maximum absolute atomic E-state index is 14.4. The number of rotatable bonds is 2. The van der Waals surface area contributed by atoms with Crippen LogP contribution in [0.4, 0.5) is 19.3 Å². The lowest BCUT2D eigenvalue weighted by Crippen LogP contribution is -2.46. The van der Waals surface area contributed by atoms with Crippen LogP contribution in [0, 0.1) is 23.0 Å². The SMILES string of the molecule is N#C[C@@]12CCN(C(=O)OCc3ccccc3)[C@@H]1Nc1ccc(F)c(F)c12. The van der Waals surface area contributed by atoms with E-state index in [0.717, 1.165) is 11.6 Å². The average molecular weight is 355 g/mol. The van der Waals surface area contributed by atoms with Crippen LogP contribution in [0.15, 0.2) is 42.5 Å². The van der Waals surface area contributed by atoms with Gasteiger partial charge in [-0.15, -0.1) is 0 Å². The minimum absolute atomic E-state index is 0.0108. The molecule has 0 saturated carbocycles. The lowest BCUT2D eigenvalue weighted by molar-refractivity contribution is 0.0934. The number of carbonyl (C=O) groups is 1. The summed E-state index contributed by atoms with van der Waals surface area (Å²) in [4.78, 5) is 13.9. The van der Waals surface area contributed by atoms with Gasteiger partial charge in [-0.1, -0.05) is 30.3 Å². The lowest BCUT2D eigenvalue weighted by Gasteiger charge is -2.27. The van der Waals surface area contributed by atoms with Crippen molar-refractivity contribution in [3.05, 3.63) is 65.2 Å². The Kier molecular flexibility index (Phi) is 3.76. The van der Waals surface area contributed by atoms with E-state index in [2.05, 4.69) is 11.4 Å². The Morgan fingerprint density at radius 3 is 2.81 bits per heavy atom. The Balaban J connectivity index is 1.58. The van der Waals surface area contributed by atoms with E-state index >= 15 is 0 Å². The van der Waals surface area contributed by atoms with Crippen LogP contribution in [0.3, 0.4) is 0 Å². The second-order valence-corrected chi connectivity index (χ2v) is 6.40. The normalized spacial score (nSPS) is 23.0. The summed E-state index contributed by atoms with van der Waals surface area (Å²) in [5.41, 5.74) is -0.172. The third-order valence-corrected chi connectivity index (χ3v) is 5.00. The second-order valence-electron chi connectivity index (χ2n) is 6.40. The van der Waals surface area contributed by atoms with Crippen molar-refractivity contribution in [3.63, 3.8) is 0 Å². The van der Waals surface area contributed by atoms with Crippen LogP contribution in [0.1, 0.15) is 17.5 Å². The van der Waals surface area contributed by atoms with E-state index in [1.165, 1.54) is 11.0 Å². The summed E-state index contributed by atoms with van der Waals surface area (Å²) < 4.78 is 33.4. The molecule has 2 aliphatic heterocycles. The Bertz CT molecular complexity index is 913. The van der Waals surface area contributed by atoms with Gasteiger partial charge in [0.05, 0.1) is 6.07 Å². The summed E-state index contributed by atoms with van der Waals surface area (Å²) in [6.07, 6.45) is -1.19. The van der Waals surface area contributed by atoms with Crippen molar-refractivity contribution in [2.45, 2.75) is 24.6 Å². The van der Waals surface area contributed by atoms with E-state index in [-0.39, 0.29) is 25.1 Å². The number of hydrogen-bond donors (Lipinski definition) is 1. The van der Waals surface area contributed by atoms with Crippen LogP contribution in [-0.2, 0) is 16.8 Å². The standard InChI is InChI=1S/C19H15F2N3O2/c20-13-6-7-14-15(16(13)21)19(11-22)8-9-24(17(19)23-14)18(25)26-10-12-4-2-1-3-5-12/h1-7,17,23H,8-10H2/t17-,19+/m0/s1. The molecule has 1 amide bonds. The van der Waals surface area contributed by atoms with Crippen LogP contribution in [0.5, 0.6) is 0 Å². The first-order valence-corrected chi connectivity index (χ1v) is 8.20. The first-order chi connectivity index (χ1) is 12.6. The van der Waals surface area contributed by atoms with Crippen molar-refractivity contribution in [1.82, 2.24) is 4.90 Å². The summed E-state index contributed by atoms with van der Waals surface area (Å²) in [5.74, 6) is -2.05. The van der Waals surface area contributed by atoms with Gasteiger partial charge in [-0.05, 0) is 24.1 Å². The van der Waals surface area contributed by atoms with Gasteiger partial charge in [0.1, 0.15) is 18.2 Å². The molecular formula is C19H15F2N3O2. The molecule has 0 aromatic heterocycles. The van der Waals surface area contributed by atoms with Gasteiger partial charge in [-0.2, -0.15) is 5.26 Å². The van der Waals surface area contributed by atoms with Crippen molar-refractivity contribution >= 4 is 11.8 Å². The van der Waals surface area contributed by atoms with Crippen molar-refractivity contribution in [2.24, 2.45) is 0 Å². The van der Waals surface area contributed by atoms with Gasteiger partial charge in [0, 0.05) is 17.8 Å². The minimum atomic E-state index is -1.33. The van der Waals surface area contributed by atoms with Crippen molar-refractivity contribution in [3.8, 4) is 6.07 Å². The van der Waals surface area contributed by atoms with Crippen LogP contribution < -0.4 is 5.32 Å². The number of ether oxygens (including phenoxy) is 1. The molecule has 0 aliphatic carbocycles. The quantitative estimate of drug-likeness (QED) is 0.895. The number of hydrogen-bond acceptors (Lipinski definition) is 4. The topological polar surface area (TPSA) is 65.4 Å². The van der Waals surface area contributed by atoms with E-state index in [1.54, 1.807) is 0 Å². The third-order valence-electron chi connectivity index (χ3n) is 5.00. The highest BCUT2D eigenvalue weighted by atomic mass is 19.2. The zero-order valence-corrected chi connectivity index (χ0v) is 13.7. The number of nitrogens with zero attached hydrogens (tertiary/aromatic N) is 2. The molecule has 2 heterocycles. The number of benzene rings is 2. The third kappa shape index (κ3) is 2.30. The number of nitriles is 1. The predicted molar refractivity (Wildman–Crippen MR) is 89.0 cm³/mol. The molecule has 132 valence electrons. The van der Waals surface area contributed by atoms with Gasteiger partial charge in [0.15, 0.2) is 11.6 Å². The van der Waals surface area contributed by atoms with Crippen LogP contribution in [0.2, 0.25) is 0 Å². The summed E-state index contributed by atoms with van der Waals surface area (Å²) >= 11 is 0. The lowest BCUT2D eigenvalue weighted by atomic mass is 9.80. The molecule has 7 heteroatoms. The molecule has 26 heavy (non-hydrogen) atoms. The molecule has 0 spiro atoms. The number of likely N-dealkylation sites (tertiary alicyclic amines) is 1. The van der Waals surface area contributed by atoms with Crippen molar-refractivity contribution in [1.29, 1.82) is 5.26 Å². The first kappa shape index (κ1) is 16.3. The highest BCUT2D eigenvalue weighted by Crippen LogP contribution is 2.49. The highest BCUT2D eigenvalue weighted by molar-refractivity contribution is 5.74. The maximum Gasteiger partial charge on any atom is 0.411 e. The van der Waals surface area contributed by atoms with Gasteiger partial charge < -0.3 is 10.1 Å². The highest BCUT2D eigenvalue weighted by Gasteiger charge is 2.58. The van der Waals surface area contributed by atoms with Gasteiger partial charge in [0.2, 0.25) is 0 Å². The molecule has 0 radical (unpaired) electrons. The molecule has 4 rings (SSSR count). The zero-order chi connectivity index (χ0) is 18.3. The summed E-state index contributed by atoms with van der Waals surface area (Å²) in [7, 11) is 0. The first-order valence-electron chi connectivity index (χ1n) is 8.20. The molecule has 0 bridgehead atoms. The Morgan fingerprint density at radius 1 is 1.31 bits per heavy atom. The number of amides is 1. The molecule has 2 aromatic carbocycles. The monoisotopic (exact) mass is 355 g/mol. The minimum Gasteiger partial charge on any atom is -0.444 e. The van der Waals surface area contributed by atoms with E-state index in [9.17, 15) is 18.8 Å². The Hall–Kier alpha value is -3.14. The van der Waals surface area contributed by atoms with E-state index in [1.807, 2.05) is 30.3 Å². The molecule has 2 aliphatic rings. The Labute approximate surface area is 148 Å². The molecule has 0 unspecified atom stereocenters. The van der Waals surface area contributed by atoms with Crippen LogP contribution in [0.25, 0.3) is 0 Å². The molecule has 2 aromatic rings. The number of nitrogens with one attached hydrogen (secondary N) is 1. The van der Waals surface area contributed by atoms with Crippen molar-refractivity contribution in [2.75, 3.05) is 11.9 Å². The van der Waals surface area contributed by atoms with Gasteiger partial charge in [-0.3, -0.25) is 4.90 Å². The number of fused-ring (bicyclic) bond motifs is 3. The predicted octanol–water partition coefficient (Wildman–Crippen LogP) is 3.52. The van der Waals surface area contributed by atoms with Gasteiger partial charge in [0.25, 0.3) is 0 Å². The fraction of sp³-hybridized carbons (Fsp3) is 0.263. The summed E-state index contributed by atoms with van der Waals surface area (Å²) in [6.45, 7) is 0.312. The molecule has 2 atom stereocenters. The molecular weight excluding hydrogens is 340 g/mol. The second kappa shape index (κ2) is 5.99. The number of anilines is 1. The summed E-state index contributed by atoms with van der Waals surface area (Å²) in [5, 5.41) is 12.7. The zero-order valence-electron chi connectivity index (χ0n) is 13.7. The Morgan fingerprint density at radius 2 is 2.08 bits per heavy atom. The van der Waals surface area contributed by atoms with Crippen LogP contribution in [-0.4, -0.2) is 23.7 Å². The van der Waals surface area contributed by atoms with Gasteiger partial charge in [-0.25, -0.2) is 13.6 Å². The average Bonchev–Trinajstić information content (AvgIpc) is 3.18. The molecule has 1 saturated heterocycles.